The number of amides is 1. The number of aromatic nitrogens is 2. The van der Waals surface area contributed by atoms with Gasteiger partial charge in [0, 0.05) is 31.5 Å². The Hall–Kier alpha value is -3.35. The average molecular weight is 421 g/mol. The molecule has 1 amide bonds. The smallest absolute Gasteiger partial charge is 0.231 e. The van der Waals surface area contributed by atoms with E-state index >= 15 is 0 Å². The zero-order valence-corrected chi connectivity index (χ0v) is 17.9. The summed E-state index contributed by atoms with van der Waals surface area (Å²) in [6.07, 6.45) is 1.74. The minimum absolute atomic E-state index is 0.146. The number of ether oxygens (including phenoxy) is 2. The first-order valence-corrected chi connectivity index (χ1v) is 10.6. The average Bonchev–Trinajstić information content (AvgIpc) is 3.44. The van der Waals surface area contributed by atoms with E-state index < -0.39 is 0 Å². The van der Waals surface area contributed by atoms with E-state index in [2.05, 4.69) is 36.1 Å². The van der Waals surface area contributed by atoms with Crippen LogP contribution in [0.5, 0.6) is 11.5 Å². The first-order chi connectivity index (χ1) is 15.1. The highest BCUT2D eigenvalue weighted by atomic mass is 16.7. The van der Waals surface area contributed by atoms with Crippen LogP contribution in [0, 0.1) is 5.92 Å². The molecule has 0 bridgehead atoms. The monoisotopic (exact) mass is 421 g/mol. The van der Waals surface area contributed by atoms with E-state index in [9.17, 15) is 4.79 Å². The van der Waals surface area contributed by atoms with Crippen molar-refractivity contribution in [2.45, 2.75) is 33.1 Å². The Bertz CT molecular complexity index is 1020. The summed E-state index contributed by atoms with van der Waals surface area (Å²) in [7, 11) is 0. The maximum Gasteiger partial charge on any atom is 0.231 e. The van der Waals surface area contributed by atoms with Crippen LogP contribution in [0.25, 0.3) is 11.4 Å². The van der Waals surface area contributed by atoms with Crippen LogP contribution in [0.1, 0.15) is 31.7 Å². The number of rotatable bonds is 9. The summed E-state index contributed by atoms with van der Waals surface area (Å²) < 4.78 is 16.2. The highest BCUT2D eigenvalue weighted by Gasteiger charge is 2.19. The van der Waals surface area contributed by atoms with Gasteiger partial charge in [-0.05, 0) is 36.1 Å². The maximum absolute atomic E-state index is 12.8. The molecule has 2 heterocycles. The second kappa shape index (κ2) is 9.64. The predicted octanol–water partition coefficient (Wildman–Crippen LogP) is 4.13. The van der Waals surface area contributed by atoms with Crippen LogP contribution in [0.2, 0.25) is 0 Å². The number of fused-ring (bicyclic) bond motifs is 1. The molecule has 0 unspecified atom stereocenters. The van der Waals surface area contributed by atoms with Gasteiger partial charge in [-0.25, -0.2) is 0 Å². The second-order valence-electron chi connectivity index (χ2n) is 8.05. The van der Waals surface area contributed by atoms with E-state index in [-0.39, 0.29) is 12.7 Å². The number of aryl methyl sites for hydroxylation is 1. The highest BCUT2D eigenvalue weighted by molar-refractivity contribution is 5.76. The summed E-state index contributed by atoms with van der Waals surface area (Å²) in [5.41, 5.74) is 1.97. The Morgan fingerprint density at radius 1 is 1.06 bits per heavy atom. The van der Waals surface area contributed by atoms with Crippen molar-refractivity contribution >= 4 is 5.91 Å². The third kappa shape index (κ3) is 5.42. The molecule has 0 saturated heterocycles. The zero-order chi connectivity index (χ0) is 21.6. The molecule has 7 heteroatoms. The van der Waals surface area contributed by atoms with Gasteiger partial charge >= 0.3 is 0 Å². The van der Waals surface area contributed by atoms with E-state index in [1.807, 2.05) is 41.3 Å². The number of hydrogen-bond acceptors (Lipinski definition) is 6. The molecule has 31 heavy (non-hydrogen) atoms. The minimum atomic E-state index is 0.146. The van der Waals surface area contributed by atoms with Crippen molar-refractivity contribution in [1.29, 1.82) is 0 Å². The van der Waals surface area contributed by atoms with E-state index in [1.54, 1.807) is 0 Å². The van der Waals surface area contributed by atoms with Crippen LogP contribution < -0.4 is 9.47 Å². The lowest BCUT2D eigenvalue weighted by molar-refractivity contribution is -0.131. The third-order valence-electron chi connectivity index (χ3n) is 5.10. The summed E-state index contributed by atoms with van der Waals surface area (Å²) in [5, 5.41) is 4.09. The van der Waals surface area contributed by atoms with Crippen molar-refractivity contribution < 1.29 is 18.8 Å². The summed E-state index contributed by atoms with van der Waals surface area (Å²) in [6.45, 7) is 5.70. The Morgan fingerprint density at radius 2 is 1.87 bits per heavy atom. The number of nitrogens with zero attached hydrogens (tertiary/aromatic N) is 3. The van der Waals surface area contributed by atoms with E-state index in [0.29, 0.717) is 55.1 Å². The molecule has 0 radical (unpaired) electrons. The van der Waals surface area contributed by atoms with E-state index in [4.69, 9.17) is 14.0 Å². The Kier molecular flexibility index (Phi) is 6.50. The SMILES string of the molecule is CC(C)CN(CCc1nc(-c2ccc3c(c2)OCO3)no1)C(=O)CCc1ccccc1. The van der Waals surface area contributed by atoms with Crippen LogP contribution in [0.15, 0.2) is 53.1 Å². The standard InChI is InChI=1S/C24H27N3O4/c1-17(2)15-27(23(28)11-8-18-6-4-3-5-7-18)13-12-22-25-24(26-31-22)19-9-10-20-21(14-19)30-16-29-20/h3-7,9-10,14,17H,8,11-13,15-16H2,1-2H3. The van der Waals surface area contributed by atoms with E-state index in [1.165, 1.54) is 5.56 Å². The van der Waals surface area contributed by atoms with Gasteiger partial charge in [0.25, 0.3) is 0 Å². The number of benzene rings is 2. The summed E-state index contributed by atoms with van der Waals surface area (Å²) in [4.78, 5) is 19.2. The summed E-state index contributed by atoms with van der Waals surface area (Å²) in [5.74, 6) is 2.93. The molecule has 0 fully saturated rings. The van der Waals surface area contributed by atoms with Gasteiger partial charge in [-0.2, -0.15) is 4.98 Å². The van der Waals surface area contributed by atoms with E-state index in [0.717, 1.165) is 12.0 Å². The highest BCUT2D eigenvalue weighted by Crippen LogP contribution is 2.35. The van der Waals surface area contributed by atoms with Crippen LogP contribution in [0.4, 0.5) is 0 Å². The van der Waals surface area contributed by atoms with Gasteiger partial charge in [0.1, 0.15) is 0 Å². The summed E-state index contributed by atoms with van der Waals surface area (Å²) >= 11 is 0. The molecule has 3 aromatic rings. The third-order valence-corrected chi connectivity index (χ3v) is 5.10. The quantitative estimate of drug-likeness (QED) is 0.517. The lowest BCUT2D eigenvalue weighted by Crippen LogP contribution is -2.36. The van der Waals surface area contributed by atoms with Crippen molar-refractivity contribution in [2.24, 2.45) is 5.92 Å². The largest absolute Gasteiger partial charge is 0.454 e. The molecular weight excluding hydrogens is 394 g/mol. The van der Waals surface area contributed by atoms with Crippen molar-refractivity contribution in [3.05, 3.63) is 60.0 Å². The second-order valence-corrected chi connectivity index (χ2v) is 8.05. The Balaban J connectivity index is 1.36. The molecule has 0 saturated carbocycles. The van der Waals surface area contributed by atoms with Crippen LogP contribution in [-0.2, 0) is 17.6 Å². The van der Waals surface area contributed by atoms with Gasteiger partial charge in [0.15, 0.2) is 11.5 Å². The minimum Gasteiger partial charge on any atom is -0.454 e. The number of carbonyl (C=O) groups excluding carboxylic acids is 1. The van der Waals surface area contributed by atoms with Crippen molar-refractivity contribution in [1.82, 2.24) is 15.0 Å². The van der Waals surface area contributed by atoms with Gasteiger partial charge in [-0.1, -0.05) is 49.3 Å². The normalized spacial score (nSPS) is 12.4. The van der Waals surface area contributed by atoms with Crippen molar-refractivity contribution in [2.75, 3.05) is 19.9 Å². The Morgan fingerprint density at radius 3 is 2.68 bits per heavy atom. The van der Waals surface area contributed by atoms with Gasteiger partial charge in [0.2, 0.25) is 24.4 Å². The fraction of sp³-hybridized carbons (Fsp3) is 0.375. The molecule has 162 valence electrons. The maximum atomic E-state index is 12.8. The van der Waals surface area contributed by atoms with Gasteiger partial charge in [-0.15, -0.1) is 0 Å². The number of carbonyl (C=O) groups is 1. The van der Waals surface area contributed by atoms with Crippen LogP contribution in [0.3, 0.4) is 0 Å². The van der Waals surface area contributed by atoms with Crippen LogP contribution in [-0.4, -0.2) is 40.8 Å². The van der Waals surface area contributed by atoms with Crippen molar-refractivity contribution in [3.63, 3.8) is 0 Å². The molecule has 4 rings (SSSR count). The molecule has 0 aliphatic carbocycles. The lowest BCUT2D eigenvalue weighted by atomic mass is 10.1. The molecular formula is C24H27N3O4. The van der Waals surface area contributed by atoms with Crippen LogP contribution >= 0.6 is 0 Å². The molecule has 7 nitrogen and oxygen atoms in total. The molecule has 1 aliphatic rings. The molecule has 0 atom stereocenters. The molecule has 1 aromatic heterocycles. The fourth-order valence-electron chi connectivity index (χ4n) is 3.55. The summed E-state index contributed by atoms with van der Waals surface area (Å²) in [6, 6.07) is 15.6. The first-order valence-electron chi connectivity index (χ1n) is 10.6. The molecule has 0 N–H and O–H groups in total. The molecule has 0 spiro atoms. The zero-order valence-electron chi connectivity index (χ0n) is 17.9. The Labute approximate surface area is 182 Å². The topological polar surface area (TPSA) is 77.7 Å². The van der Waals surface area contributed by atoms with Gasteiger partial charge in [0.05, 0.1) is 0 Å². The van der Waals surface area contributed by atoms with Crippen molar-refractivity contribution in [3.8, 4) is 22.9 Å². The molecule has 2 aromatic carbocycles. The first kappa shape index (κ1) is 20.9. The molecule has 1 aliphatic heterocycles. The van der Waals surface area contributed by atoms with Gasteiger partial charge in [-0.3, -0.25) is 4.79 Å². The fourth-order valence-corrected chi connectivity index (χ4v) is 3.55. The number of hydrogen-bond donors (Lipinski definition) is 0. The predicted molar refractivity (Wildman–Crippen MR) is 116 cm³/mol. The van der Waals surface area contributed by atoms with Gasteiger partial charge < -0.3 is 18.9 Å². The lowest BCUT2D eigenvalue weighted by Gasteiger charge is -2.24.